The van der Waals surface area contributed by atoms with Gasteiger partial charge >= 0.3 is 0 Å². The zero-order chi connectivity index (χ0) is 47.1. The Morgan fingerprint density at radius 2 is 0.869 bits per heavy atom. The molecule has 0 heterocycles. The van der Waals surface area contributed by atoms with Crippen LogP contribution in [0.5, 0.6) is 0 Å². The van der Waals surface area contributed by atoms with Crippen LogP contribution in [0, 0.1) is 23.2 Å². The SMILES string of the molecule is Cc1c(-c2cc(C(C)(C)C)cc(C(C)(C)C)c2CC2(C)C/C(C(C)(C)C)=C\C(C(C)(C)C)=C/Cc3cc(C(C)(C)C)cc(C(C)(C)C)c3C2)cc(C(C)(C)C)cc1C(C)(C)C. The average Bonchev–Trinajstić information content (AvgIpc) is 3.02. The molecule has 0 aromatic heterocycles. The molecule has 0 N–H and O–H groups in total. The van der Waals surface area contributed by atoms with Gasteiger partial charge in [0.25, 0.3) is 0 Å². The Labute approximate surface area is 379 Å². The molecule has 0 radical (unpaired) electrons. The van der Waals surface area contributed by atoms with Gasteiger partial charge in [0.05, 0.1) is 0 Å². The van der Waals surface area contributed by atoms with Crippen molar-refractivity contribution in [3.05, 3.63) is 115 Å². The molecular formula is C61H94. The van der Waals surface area contributed by atoms with Gasteiger partial charge in [0.1, 0.15) is 0 Å². The fourth-order valence-electron chi connectivity index (χ4n) is 9.66. The van der Waals surface area contributed by atoms with Crippen LogP contribution in [0.4, 0.5) is 0 Å². The first-order chi connectivity index (χ1) is 27.0. The number of fused-ring (bicyclic) bond motifs is 1. The van der Waals surface area contributed by atoms with Crippen LogP contribution in [0.1, 0.15) is 235 Å². The summed E-state index contributed by atoms with van der Waals surface area (Å²) >= 11 is 0. The first-order valence-electron chi connectivity index (χ1n) is 24.0. The second-order valence-corrected chi connectivity index (χ2v) is 28.3. The molecule has 1 aliphatic carbocycles. The number of allylic oxidation sites excluding steroid dienone is 4. The summed E-state index contributed by atoms with van der Waals surface area (Å²) in [6.45, 7) is 63.1. The van der Waals surface area contributed by atoms with Crippen molar-refractivity contribution >= 4 is 0 Å². The van der Waals surface area contributed by atoms with Crippen molar-refractivity contribution in [1.82, 2.24) is 0 Å². The first-order valence-corrected chi connectivity index (χ1v) is 24.0. The van der Waals surface area contributed by atoms with E-state index in [-0.39, 0.29) is 48.7 Å². The summed E-state index contributed by atoms with van der Waals surface area (Å²) in [5.41, 5.74) is 20.7. The summed E-state index contributed by atoms with van der Waals surface area (Å²) in [4.78, 5) is 0. The molecule has 1 unspecified atom stereocenters. The molecule has 3 aromatic rings. The van der Waals surface area contributed by atoms with Gasteiger partial charge in [0.2, 0.25) is 0 Å². The third kappa shape index (κ3) is 11.8. The molecule has 1 aliphatic rings. The summed E-state index contributed by atoms with van der Waals surface area (Å²) in [5.74, 6) is 0. The van der Waals surface area contributed by atoms with Crippen molar-refractivity contribution in [3.63, 3.8) is 0 Å². The molecule has 0 saturated carbocycles. The molecule has 0 amide bonds. The van der Waals surface area contributed by atoms with Crippen LogP contribution in [0.3, 0.4) is 0 Å². The van der Waals surface area contributed by atoms with Gasteiger partial charge in [-0.1, -0.05) is 227 Å². The Balaban J connectivity index is 2.29. The molecule has 1 atom stereocenters. The minimum absolute atomic E-state index is 0.000407. The Morgan fingerprint density at radius 3 is 1.30 bits per heavy atom. The maximum absolute atomic E-state index is 2.66. The standard InChI is InChI=1S/C61H94/c1-39-46(31-43(55(8,9)10)33-50(39)58(17,18)19)47-32-44(56(11,12)13)35-52(60(23,24)25)49(47)38-61(26)36-45(57(14,15)16)30-41(53(2,3)4)28-27-40-29-42(54(5,6)7)34-51(48(40)37-61)59(20,21)22/h28-35H,27,36-38H2,1-26H3/b41-28+,45-30+. The van der Waals surface area contributed by atoms with E-state index < -0.39 is 0 Å². The molecule has 0 spiro atoms. The smallest absolute Gasteiger partial charge is 0.00885 e. The van der Waals surface area contributed by atoms with Crippen molar-refractivity contribution < 1.29 is 0 Å². The van der Waals surface area contributed by atoms with Crippen LogP contribution in [0.2, 0.25) is 0 Å². The second kappa shape index (κ2) is 16.3. The van der Waals surface area contributed by atoms with E-state index in [1.54, 1.807) is 16.7 Å². The fourth-order valence-corrected chi connectivity index (χ4v) is 9.66. The fraction of sp³-hybridized carbons (Fsp3) is 0.639. The Bertz CT molecular complexity index is 2150. The third-order valence-electron chi connectivity index (χ3n) is 13.8. The highest BCUT2D eigenvalue weighted by Crippen LogP contribution is 2.50. The third-order valence-corrected chi connectivity index (χ3v) is 13.8. The van der Waals surface area contributed by atoms with E-state index in [0.29, 0.717) is 0 Å². The van der Waals surface area contributed by atoms with Crippen molar-refractivity contribution in [1.29, 1.82) is 0 Å². The quantitative estimate of drug-likeness (QED) is 0.247. The summed E-state index contributed by atoms with van der Waals surface area (Å²) in [6, 6.07) is 15.5. The Morgan fingerprint density at radius 1 is 0.443 bits per heavy atom. The van der Waals surface area contributed by atoms with Gasteiger partial charge in [-0.25, -0.2) is 0 Å². The molecule has 338 valence electrons. The molecule has 0 fully saturated rings. The van der Waals surface area contributed by atoms with E-state index in [1.807, 2.05) is 0 Å². The zero-order valence-corrected chi connectivity index (χ0v) is 44.9. The van der Waals surface area contributed by atoms with Gasteiger partial charge in [0.15, 0.2) is 0 Å². The van der Waals surface area contributed by atoms with Crippen LogP contribution in [0.25, 0.3) is 11.1 Å². The first kappa shape index (κ1) is 50.8. The molecule has 0 aliphatic heterocycles. The molecule has 0 nitrogen and oxygen atoms in total. The van der Waals surface area contributed by atoms with Crippen molar-refractivity contribution in [2.24, 2.45) is 16.2 Å². The lowest BCUT2D eigenvalue weighted by Crippen LogP contribution is -2.32. The number of hydrogen-bond donors (Lipinski definition) is 0. The monoisotopic (exact) mass is 827 g/mol. The largest absolute Gasteiger partial charge is 0.0764 e. The highest BCUT2D eigenvalue weighted by Gasteiger charge is 2.38. The summed E-state index contributed by atoms with van der Waals surface area (Å²) < 4.78 is 0. The normalized spacial score (nSPS) is 19.8. The summed E-state index contributed by atoms with van der Waals surface area (Å²) in [5, 5.41) is 0. The molecule has 61 heavy (non-hydrogen) atoms. The Kier molecular flexibility index (Phi) is 13.6. The van der Waals surface area contributed by atoms with Gasteiger partial charge in [-0.15, -0.1) is 0 Å². The average molecular weight is 827 g/mol. The maximum atomic E-state index is 2.66. The highest BCUT2D eigenvalue weighted by molar-refractivity contribution is 5.76. The zero-order valence-electron chi connectivity index (χ0n) is 44.9. The molecule has 0 saturated heterocycles. The lowest BCUT2D eigenvalue weighted by Gasteiger charge is -2.41. The highest BCUT2D eigenvalue weighted by atomic mass is 14.4. The van der Waals surface area contributed by atoms with Gasteiger partial charge in [-0.3, -0.25) is 0 Å². The van der Waals surface area contributed by atoms with Crippen LogP contribution in [0.15, 0.2) is 59.7 Å². The Hall–Kier alpha value is -2.86. The number of rotatable bonds is 3. The lowest BCUT2D eigenvalue weighted by molar-refractivity contribution is 0.285. The predicted molar refractivity (Wildman–Crippen MR) is 274 cm³/mol. The maximum Gasteiger partial charge on any atom is -0.00885 e. The van der Waals surface area contributed by atoms with Crippen LogP contribution < -0.4 is 0 Å². The van der Waals surface area contributed by atoms with Gasteiger partial charge in [0, 0.05) is 0 Å². The molecule has 4 rings (SSSR count). The topological polar surface area (TPSA) is 0 Å². The van der Waals surface area contributed by atoms with E-state index >= 15 is 0 Å². The van der Waals surface area contributed by atoms with Crippen LogP contribution in [-0.2, 0) is 51.8 Å². The predicted octanol–water partition coefficient (Wildman–Crippen LogP) is 18.1. The van der Waals surface area contributed by atoms with Gasteiger partial charge in [-0.05, 0) is 154 Å². The number of benzene rings is 3. The molecule has 0 heteroatoms. The van der Waals surface area contributed by atoms with E-state index in [9.17, 15) is 0 Å². The van der Waals surface area contributed by atoms with Gasteiger partial charge in [-0.2, -0.15) is 0 Å². The van der Waals surface area contributed by atoms with E-state index in [4.69, 9.17) is 0 Å². The van der Waals surface area contributed by atoms with Crippen LogP contribution in [-0.4, -0.2) is 0 Å². The van der Waals surface area contributed by atoms with Crippen molar-refractivity contribution in [2.45, 2.75) is 238 Å². The lowest BCUT2D eigenvalue weighted by atomic mass is 9.63. The van der Waals surface area contributed by atoms with E-state index in [0.717, 1.165) is 25.7 Å². The molecule has 3 aromatic carbocycles. The minimum Gasteiger partial charge on any atom is -0.0764 e. The van der Waals surface area contributed by atoms with Crippen molar-refractivity contribution in [2.75, 3.05) is 0 Å². The second-order valence-electron chi connectivity index (χ2n) is 28.3. The molecular weight excluding hydrogens is 733 g/mol. The van der Waals surface area contributed by atoms with E-state index in [2.05, 4.69) is 229 Å². The minimum atomic E-state index is -0.0855. The summed E-state index contributed by atoms with van der Waals surface area (Å²) in [6.07, 6.45) is 9.24. The van der Waals surface area contributed by atoms with E-state index in [1.165, 1.54) is 61.2 Å². The summed E-state index contributed by atoms with van der Waals surface area (Å²) in [7, 11) is 0. The van der Waals surface area contributed by atoms with Crippen LogP contribution >= 0.6 is 0 Å². The number of hydrogen-bond acceptors (Lipinski definition) is 0. The van der Waals surface area contributed by atoms with Crippen molar-refractivity contribution in [3.8, 4) is 11.1 Å². The van der Waals surface area contributed by atoms with Gasteiger partial charge < -0.3 is 0 Å². The molecule has 0 bridgehead atoms.